The highest BCUT2D eigenvalue weighted by molar-refractivity contribution is 7.31. The number of aliphatic hydroxyl groups is 1. The second kappa shape index (κ2) is 5.91. The van der Waals surface area contributed by atoms with Crippen molar-refractivity contribution in [3.63, 3.8) is 0 Å². The minimum absolute atomic E-state index is 0.363. The summed E-state index contributed by atoms with van der Waals surface area (Å²) in [5.74, 6) is 1.48. The molecule has 2 aliphatic rings. The van der Waals surface area contributed by atoms with Crippen LogP contribution in [0.1, 0.15) is 24.8 Å². The molecule has 136 valence electrons. The summed E-state index contributed by atoms with van der Waals surface area (Å²) in [6.07, 6.45) is 3.69. The van der Waals surface area contributed by atoms with E-state index >= 15 is 0 Å². The number of fused-ring (bicyclic) bond motifs is 3. The summed E-state index contributed by atoms with van der Waals surface area (Å²) in [5, 5.41) is 13.4. The molecule has 2 aliphatic carbocycles. The van der Waals surface area contributed by atoms with Gasteiger partial charge in [0.2, 0.25) is 0 Å². The normalized spacial score (nSPS) is 32.2. The van der Waals surface area contributed by atoms with Crippen LogP contribution in [-0.2, 0) is 5.60 Å². The lowest BCUT2D eigenvalue weighted by Crippen LogP contribution is -2.45. The van der Waals surface area contributed by atoms with Gasteiger partial charge in [-0.15, -0.1) is 11.3 Å². The topological polar surface area (TPSA) is 23.5 Å². The first-order valence-electron chi connectivity index (χ1n) is 9.62. The molecule has 4 heteroatoms. The average molecular weight is 374 g/mol. The fraction of sp³-hybridized carbons (Fsp3) is 0.619. The van der Waals surface area contributed by atoms with E-state index in [1.165, 1.54) is 34.9 Å². The summed E-state index contributed by atoms with van der Waals surface area (Å²) in [6.45, 7) is 8.23. The Morgan fingerprint density at radius 1 is 1.24 bits per heavy atom. The predicted molar refractivity (Wildman–Crippen MR) is 112 cm³/mol. The van der Waals surface area contributed by atoms with Crippen LogP contribution in [0.25, 0.3) is 10.1 Å². The monoisotopic (exact) mass is 373 g/mol. The molecule has 1 aromatic carbocycles. The van der Waals surface area contributed by atoms with E-state index in [1.54, 1.807) is 4.50 Å². The van der Waals surface area contributed by atoms with Gasteiger partial charge in [0.25, 0.3) is 0 Å². The van der Waals surface area contributed by atoms with Gasteiger partial charge in [0, 0.05) is 17.2 Å². The quantitative estimate of drug-likeness (QED) is 0.810. The third-order valence-electron chi connectivity index (χ3n) is 6.52. The average Bonchev–Trinajstić information content (AvgIpc) is 3.21. The van der Waals surface area contributed by atoms with Gasteiger partial charge in [-0.25, -0.2) is 0 Å². The Kier molecular flexibility index (Phi) is 4.19. The molecule has 2 saturated carbocycles. The Bertz CT molecular complexity index is 793. The second-order valence-electron chi connectivity index (χ2n) is 9.54. The molecule has 0 spiro atoms. The fourth-order valence-corrected chi connectivity index (χ4v) is 8.30. The molecule has 0 aliphatic heterocycles. The van der Waals surface area contributed by atoms with Gasteiger partial charge >= 0.3 is 0 Å². The van der Waals surface area contributed by atoms with E-state index in [2.05, 4.69) is 62.9 Å². The van der Waals surface area contributed by atoms with Crippen LogP contribution in [0.3, 0.4) is 0 Å². The highest BCUT2D eigenvalue weighted by atomic mass is 32.1. The van der Waals surface area contributed by atoms with Gasteiger partial charge in [-0.05, 0) is 72.8 Å². The zero-order valence-electron chi connectivity index (χ0n) is 16.2. The van der Waals surface area contributed by atoms with Gasteiger partial charge in [-0.1, -0.05) is 31.8 Å². The van der Waals surface area contributed by atoms with Crippen molar-refractivity contribution in [3.05, 3.63) is 29.8 Å². The van der Waals surface area contributed by atoms with Crippen molar-refractivity contribution in [3.8, 4) is 0 Å². The van der Waals surface area contributed by atoms with Crippen LogP contribution in [-0.4, -0.2) is 38.7 Å². The van der Waals surface area contributed by atoms with Crippen LogP contribution in [0.5, 0.6) is 0 Å². The molecular weight excluding hydrogens is 342 g/mol. The number of nitrogens with zero attached hydrogens (tertiary/aromatic N) is 1. The van der Waals surface area contributed by atoms with Gasteiger partial charge in [0.05, 0.1) is 13.7 Å². The molecule has 25 heavy (non-hydrogen) atoms. The molecule has 0 amide bonds. The minimum Gasteiger partial charge on any atom is -0.384 e. The molecule has 2 bridgehead atoms. The summed E-state index contributed by atoms with van der Waals surface area (Å²) in [5.41, 5.74) is 0.564. The van der Waals surface area contributed by atoms with E-state index in [9.17, 15) is 5.11 Å². The molecule has 0 radical (unpaired) electrons. The summed E-state index contributed by atoms with van der Waals surface area (Å²) >= 11 is 1.95. The van der Waals surface area contributed by atoms with Gasteiger partial charge < -0.3 is 10.0 Å². The van der Waals surface area contributed by atoms with Crippen molar-refractivity contribution >= 4 is 34.0 Å². The first-order chi connectivity index (χ1) is 11.7. The molecule has 1 N–H and O–H groups in total. The SMILES string of the molecule is CN(C)CC1C2CCC(C2)C1(O)c1cccc2sc([Si](C)(C)C)cc12. The number of rotatable bonds is 4. The van der Waals surface area contributed by atoms with Crippen LogP contribution in [0.4, 0.5) is 0 Å². The lowest BCUT2D eigenvalue weighted by atomic mass is 9.70. The van der Waals surface area contributed by atoms with E-state index in [4.69, 9.17) is 0 Å². The van der Waals surface area contributed by atoms with Crippen molar-refractivity contribution in [2.75, 3.05) is 20.6 Å². The first-order valence-corrected chi connectivity index (χ1v) is 13.9. The van der Waals surface area contributed by atoms with Crippen LogP contribution >= 0.6 is 11.3 Å². The number of hydrogen-bond acceptors (Lipinski definition) is 3. The maximum atomic E-state index is 12.1. The predicted octanol–water partition coefficient (Wildman–Crippen LogP) is 4.24. The molecule has 4 unspecified atom stereocenters. The Morgan fingerprint density at radius 3 is 2.68 bits per heavy atom. The van der Waals surface area contributed by atoms with Crippen LogP contribution in [0, 0.1) is 17.8 Å². The molecule has 1 aromatic heterocycles. The standard InChI is InChI=1S/C21H31NOSSi/c1-22(2)13-18-14-9-10-15(11-14)21(18,23)17-7-6-8-19-16(17)12-20(24-19)25(3,4)5/h6-8,12,14-15,18,23H,9-11,13H2,1-5H3. The lowest BCUT2D eigenvalue weighted by Gasteiger charge is -2.41. The van der Waals surface area contributed by atoms with Crippen LogP contribution in [0.2, 0.25) is 19.6 Å². The zero-order valence-corrected chi connectivity index (χ0v) is 18.0. The second-order valence-corrected chi connectivity index (χ2v) is 16.0. The maximum Gasteiger partial charge on any atom is 0.0973 e. The Hall–Kier alpha value is -0.683. The highest BCUT2D eigenvalue weighted by Crippen LogP contribution is 2.60. The number of hydrogen-bond donors (Lipinski definition) is 1. The fourth-order valence-electron chi connectivity index (χ4n) is 5.32. The molecular formula is C21H31NOSSi. The minimum atomic E-state index is -1.33. The third-order valence-corrected chi connectivity index (χ3v) is 11.2. The van der Waals surface area contributed by atoms with Gasteiger partial charge in [0.1, 0.15) is 0 Å². The first kappa shape index (κ1) is 17.7. The van der Waals surface area contributed by atoms with E-state index < -0.39 is 13.7 Å². The Morgan fingerprint density at radius 2 is 2.00 bits per heavy atom. The van der Waals surface area contributed by atoms with Crippen LogP contribution < -0.4 is 4.50 Å². The van der Waals surface area contributed by atoms with E-state index in [1.807, 2.05) is 11.3 Å². The zero-order chi connectivity index (χ0) is 18.0. The van der Waals surface area contributed by atoms with Crippen molar-refractivity contribution in [1.29, 1.82) is 0 Å². The van der Waals surface area contributed by atoms with Gasteiger partial charge in [-0.2, -0.15) is 0 Å². The molecule has 1 heterocycles. The summed E-state index contributed by atoms with van der Waals surface area (Å²) < 4.78 is 2.90. The van der Waals surface area contributed by atoms with E-state index in [0.29, 0.717) is 17.8 Å². The maximum absolute atomic E-state index is 12.1. The molecule has 2 fully saturated rings. The smallest absolute Gasteiger partial charge is 0.0973 e. The third kappa shape index (κ3) is 2.73. The van der Waals surface area contributed by atoms with E-state index in [-0.39, 0.29) is 0 Å². The molecule has 4 rings (SSSR count). The Balaban J connectivity index is 1.86. The molecule has 2 nitrogen and oxygen atoms in total. The van der Waals surface area contributed by atoms with Crippen molar-refractivity contribution < 1.29 is 5.11 Å². The largest absolute Gasteiger partial charge is 0.384 e. The number of thiophene rings is 1. The molecule has 2 aromatic rings. The lowest BCUT2D eigenvalue weighted by molar-refractivity contribution is -0.0719. The van der Waals surface area contributed by atoms with Crippen molar-refractivity contribution in [1.82, 2.24) is 4.90 Å². The van der Waals surface area contributed by atoms with Crippen molar-refractivity contribution in [2.24, 2.45) is 17.8 Å². The Labute approximate surface area is 156 Å². The summed E-state index contributed by atoms with van der Waals surface area (Å²) in [4.78, 5) is 2.26. The summed E-state index contributed by atoms with van der Waals surface area (Å²) in [7, 11) is 2.95. The number of benzene rings is 1. The summed E-state index contributed by atoms with van der Waals surface area (Å²) in [6, 6.07) is 9.04. The van der Waals surface area contributed by atoms with Crippen LogP contribution in [0.15, 0.2) is 24.3 Å². The van der Waals surface area contributed by atoms with Gasteiger partial charge in [-0.3, -0.25) is 0 Å². The molecule has 0 saturated heterocycles. The van der Waals surface area contributed by atoms with Crippen molar-refractivity contribution in [2.45, 2.75) is 44.5 Å². The molecule has 4 atom stereocenters. The highest BCUT2D eigenvalue weighted by Gasteiger charge is 2.58. The van der Waals surface area contributed by atoms with Gasteiger partial charge in [0.15, 0.2) is 0 Å². The van der Waals surface area contributed by atoms with E-state index in [0.717, 1.165) is 6.54 Å².